The van der Waals surface area contributed by atoms with E-state index in [1.54, 1.807) is 0 Å². The van der Waals surface area contributed by atoms with E-state index >= 15 is 0 Å². The molecule has 0 unspecified atom stereocenters. The normalized spacial score (nSPS) is 20.5. The molecule has 1 aromatic rings. The molecule has 15 heavy (non-hydrogen) atoms. The first-order valence-corrected chi connectivity index (χ1v) is 6.28. The Labute approximate surface area is 99.6 Å². The van der Waals surface area contributed by atoms with E-state index in [4.69, 9.17) is 0 Å². The number of hydrogen-bond donors (Lipinski definition) is 2. The third-order valence-electron chi connectivity index (χ3n) is 2.89. The van der Waals surface area contributed by atoms with E-state index in [1.807, 2.05) is 0 Å². The van der Waals surface area contributed by atoms with E-state index in [9.17, 15) is 0 Å². The van der Waals surface area contributed by atoms with Crippen LogP contribution < -0.4 is 10.6 Å². The topological polar surface area (TPSA) is 24.1 Å². The maximum atomic E-state index is 3.50. The minimum Gasteiger partial charge on any atom is -0.383 e. The first-order valence-electron chi connectivity index (χ1n) is 5.49. The van der Waals surface area contributed by atoms with Crippen molar-refractivity contribution < 1.29 is 0 Å². The fourth-order valence-corrected chi connectivity index (χ4v) is 2.47. The molecule has 1 atom stereocenters. The van der Waals surface area contributed by atoms with Crippen LogP contribution >= 0.6 is 15.9 Å². The molecular formula is C12H17BrN2. The minimum absolute atomic E-state index is 0.646. The van der Waals surface area contributed by atoms with Gasteiger partial charge in [-0.2, -0.15) is 0 Å². The average molecular weight is 269 g/mol. The summed E-state index contributed by atoms with van der Waals surface area (Å²) >= 11 is 3.47. The molecule has 82 valence electrons. The highest BCUT2D eigenvalue weighted by molar-refractivity contribution is 9.10. The Kier molecular flexibility index (Phi) is 3.65. The van der Waals surface area contributed by atoms with Crippen LogP contribution in [0, 0.1) is 6.92 Å². The summed E-state index contributed by atoms with van der Waals surface area (Å²) in [5, 5.41) is 6.98. The molecule has 0 aliphatic carbocycles. The second-order valence-electron chi connectivity index (χ2n) is 4.13. The van der Waals surface area contributed by atoms with Gasteiger partial charge in [0.05, 0.1) is 0 Å². The van der Waals surface area contributed by atoms with Gasteiger partial charge in [-0.25, -0.2) is 0 Å². The quantitative estimate of drug-likeness (QED) is 0.881. The summed E-state index contributed by atoms with van der Waals surface area (Å²) in [6.45, 7) is 4.34. The van der Waals surface area contributed by atoms with Crippen LogP contribution in [0.15, 0.2) is 22.7 Å². The molecule has 1 heterocycles. The smallest absolute Gasteiger partial charge is 0.0371 e. The molecule has 1 aliphatic rings. The number of nitrogens with one attached hydrogen (secondary N) is 2. The van der Waals surface area contributed by atoms with Crippen molar-refractivity contribution in [3.05, 3.63) is 28.2 Å². The zero-order valence-electron chi connectivity index (χ0n) is 9.02. The summed E-state index contributed by atoms with van der Waals surface area (Å²) in [4.78, 5) is 0. The van der Waals surface area contributed by atoms with Gasteiger partial charge in [0, 0.05) is 22.7 Å². The number of rotatable bonds is 3. The zero-order valence-corrected chi connectivity index (χ0v) is 10.6. The summed E-state index contributed by atoms with van der Waals surface area (Å²) in [6, 6.07) is 7.00. The van der Waals surface area contributed by atoms with Gasteiger partial charge in [-0.1, -0.05) is 15.9 Å². The van der Waals surface area contributed by atoms with E-state index in [0.717, 1.165) is 11.0 Å². The van der Waals surface area contributed by atoms with Gasteiger partial charge in [-0.05, 0) is 50.1 Å². The predicted octanol–water partition coefficient (Wildman–Crippen LogP) is 2.92. The number of anilines is 1. The molecule has 0 aromatic heterocycles. The Bertz CT molecular complexity index is 332. The van der Waals surface area contributed by atoms with E-state index in [-0.39, 0.29) is 0 Å². The summed E-state index contributed by atoms with van der Waals surface area (Å²) in [5.74, 6) is 0. The van der Waals surface area contributed by atoms with Gasteiger partial charge in [0.15, 0.2) is 0 Å². The van der Waals surface area contributed by atoms with Crippen molar-refractivity contribution in [2.45, 2.75) is 25.8 Å². The van der Waals surface area contributed by atoms with Crippen molar-refractivity contribution in [2.75, 3.05) is 18.4 Å². The third kappa shape index (κ3) is 2.95. The van der Waals surface area contributed by atoms with Crippen LogP contribution in [-0.2, 0) is 0 Å². The fraction of sp³-hybridized carbons (Fsp3) is 0.500. The molecule has 0 spiro atoms. The molecule has 0 amide bonds. The van der Waals surface area contributed by atoms with Crippen molar-refractivity contribution in [3.8, 4) is 0 Å². The fourth-order valence-electron chi connectivity index (χ4n) is 1.99. The van der Waals surface area contributed by atoms with Crippen LogP contribution in [0.3, 0.4) is 0 Å². The van der Waals surface area contributed by atoms with Crippen molar-refractivity contribution in [1.82, 2.24) is 5.32 Å². The molecule has 1 saturated heterocycles. The molecular weight excluding hydrogens is 252 g/mol. The van der Waals surface area contributed by atoms with Crippen LogP contribution in [0.1, 0.15) is 18.4 Å². The molecule has 1 aliphatic heterocycles. The van der Waals surface area contributed by atoms with Crippen molar-refractivity contribution in [3.63, 3.8) is 0 Å². The summed E-state index contributed by atoms with van der Waals surface area (Å²) in [7, 11) is 0. The lowest BCUT2D eigenvalue weighted by atomic mass is 10.2. The second kappa shape index (κ2) is 4.99. The van der Waals surface area contributed by atoms with E-state index in [0.29, 0.717) is 6.04 Å². The number of hydrogen-bond acceptors (Lipinski definition) is 2. The molecule has 1 fully saturated rings. The Morgan fingerprint density at radius 3 is 3.07 bits per heavy atom. The summed E-state index contributed by atoms with van der Waals surface area (Å²) in [6.07, 6.45) is 2.61. The lowest BCUT2D eigenvalue weighted by Gasteiger charge is -2.14. The highest BCUT2D eigenvalue weighted by Crippen LogP contribution is 2.20. The highest BCUT2D eigenvalue weighted by Gasteiger charge is 2.13. The highest BCUT2D eigenvalue weighted by atomic mass is 79.9. The van der Waals surface area contributed by atoms with Crippen molar-refractivity contribution >= 4 is 21.6 Å². The minimum atomic E-state index is 0.646. The van der Waals surface area contributed by atoms with Gasteiger partial charge in [-0.3, -0.25) is 0 Å². The van der Waals surface area contributed by atoms with Crippen molar-refractivity contribution in [2.24, 2.45) is 0 Å². The number of benzene rings is 1. The van der Waals surface area contributed by atoms with Crippen LogP contribution in [0.4, 0.5) is 5.69 Å². The van der Waals surface area contributed by atoms with Gasteiger partial charge in [-0.15, -0.1) is 0 Å². The second-order valence-corrected chi connectivity index (χ2v) is 5.05. The molecule has 2 rings (SSSR count). The van der Waals surface area contributed by atoms with Crippen LogP contribution in [0.2, 0.25) is 0 Å². The van der Waals surface area contributed by atoms with Gasteiger partial charge in [0.1, 0.15) is 0 Å². The Hall–Kier alpha value is -0.540. The van der Waals surface area contributed by atoms with E-state index in [2.05, 4.69) is 51.7 Å². The first kappa shape index (κ1) is 11.0. The number of aryl methyl sites for hydroxylation is 1. The molecule has 2 nitrogen and oxygen atoms in total. The van der Waals surface area contributed by atoms with Gasteiger partial charge in [0.25, 0.3) is 0 Å². The summed E-state index contributed by atoms with van der Waals surface area (Å²) in [5.41, 5.74) is 2.54. The van der Waals surface area contributed by atoms with E-state index < -0.39 is 0 Å². The van der Waals surface area contributed by atoms with Gasteiger partial charge < -0.3 is 10.6 Å². The maximum absolute atomic E-state index is 3.50. The predicted molar refractivity (Wildman–Crippen MR) is 68.4 cm³/mol. The Morgan fingerprint density at radius 1 is 1.53 bits per heavy atom. The Morgan fingerprint density at radius 2 is 2.40 bits per heavy atom. The molecule has 3 heteroatoms. The molecule has 0 saturated carbocycles. The lowest BCUT2D eigenvalue weighted by Crippen LogP contribution is -2.29. The summed E-state index contributed by atoms with van der Waals surface area (Å²) < 4.78 is 1.14. The zero-order chi connectivity index (χ0) is 10.7. The van der Waals surface area contributed by atoms with Gasteiger partial charge in [0.2, 0.25) is 0 Å². The van der Waals surface area contributed by atoms with Crippen LogP contribution in [-0.4, -0.2) is 19.1 Å². The average Bonchev–Trinajstić information content (AvgIpc) is 2.69. The molecule has 0 radical (unpaired) electrons. The maximum Gasteiger partial charge on any atom is 0.0371 e. The van der Waals surface area contributed by atoms with Crippen LogP contribution in [0.5, 0.6) is 0 Å². The molecule has 1 aromatic carbocycles. The first-order chi connectivity index (χ1) is 7.25. The lowest BCUT2D eigenvalue weighted by molar-refractivity contribution is 0.633. The standard InChI is InChI=1S/C12H17BrN2/c1-9-7-10(13)4-5-12(9)15-8-11-3-2-6-14-11/h4-5,7,11,14-15H,2-3,6,8H2,1H3/t11-/m1/s1. The largest absolute Gasteiger partial charge is 0.383 e. The Balaban J connectivity index is 1.92. The van der Waals surface area contributed by atoms with Gasteiger partial charge >= 0.3 is 0 Å². The third-order valence-corrected chi connectivity index (χ3v) is 3.38. The van der Waals surface area contributed by atoms with Crippen LogP contribution in [0.25, 0.3) is 0 Å². The SMILES string of the molecule is Cc1cc(Br)ccc1NC[C@H]1CCCN1. The number of halogens is 1. The molecule has 2 N–H and O–H groups in total. The van der Waals surface area contributed by atoms with Crippen molar-refractivity contribution in [1.29, 1.82) is 0 Å². The molecule has 0 bridgehead atoms. The monoisotopic (exact) mass is 268 g/mol. The van der Waals surface area contributed by atoms with E-state index in [1.165, 1.54) is 30.6 Å².